The summed E-state index contributed by atoms with van der Waals surface area (Å²) in [6, 6.07) is 14.2. The van der Waals surface area contributed by atoms with E-state index in [-0.39, 0.29) is 0 Å². The molecule has 4 heterocycles. The molecule has 4 aromatic heterocycles. The van der Waals surface area contributed by atoms with Crippen LogP contribution in [0, 0.1) is 0 Å². The van der Waals surface area contributed by atoms with Gasteiger partial charge in [-0.3, -0.25) is 9.67 Å². The Morgan fingerprint density at radius 2 is 2.00 bits per heavy atom. The molecule has 1 N–H and O–H groups in total. The quantitative estimate of drug-likeness (QED) is 0.424. The lowest BCUT2D eigenvalue weighted by Crippen LogP contribution is -2.11. The molecule has 0 saturated carbocycles. The molecule has 0 aliphatic heterocycles. The molecule has 8 heteroatoms. The first-order valence-corrected chi connectivity index (χ1v) is 10.0. The molecular formula is C22H22N8. The normalized spacial score (nSPS) is 11.5. The summed E-state index contributed by atoms with van der Waals surface area (Å²) >= 11 is 0. The van der Waals surface area contributed by atoms with E-state index in [0.29, 0.717) is 6.54 Å². The van der Waals surface area contributed by atoms with E-state index in [1.54, 1.807) is 6.20 Å². The summed E-state index contributed by atoms with van der Waals surface area (Å²) in [6.07, 6.45) is 6.73. The Morgan fingerprint density at radius 1 is 1.07 bits per heavy atom. The van der Waals surface area contributed by atoms with Crippen LogP contribution in [-0.4, -0.2) is 48.3 Å². The van der Waals surface area contributed by atoms with Crippen molar-refractivity contribution in [2.24, 2.45) is 0 Å². The molecule has 150 valence electrons. The molecule has 0 aliphatic carbocycles. The molecule has 8 nitrogen and oxygen atoms in total. The van der Waals surface area contributed by atoms with Gasteiger partial charge in [-0.2, -0.15) is 5.10 Å². The van der Waals surface area contributed by atoms with E-state index in [1.165, 1.54) is 0 Å². The molecule has 0 spiro atoms. The zero-order valence-corrected chi connectivity index (χ0v) is 16.7. The van der Waals surface area contributed by atoms with E-state index < -0.39 is 0 Å². The van der Waals surface area contributed by atoms with Crippen LogP contribution in [-0.2, 0) is 13.1 Å². The lowest BCUT2D eigenvalue weighted by Gasteiger charge is -2.05. The van der Waals surface area contributed by atoms with Crippen molar-refractivity contribution >= 4 is 22.1 Å². The van der Waals surface area contributed by atoms with Gasteiger partial charge in [-0.05, 0) is 55.9 Å². The lowest BCUT2D eigenvalue weighted by molar-refractivity contribution is 0.562. The molecule has 0 unspecified atom stereocenters. The van der Waals surface area contributed by atoms with Crippen LogP contribution in [0.3, 0.4) is 0 Å². The van der Waals surface area contributed by atoms with E-state index in [2.05, 4.69) is 43.9 Å². The fraction of sp³-hybridized carbons (Fsp3) is 0.227. The number of hydrogen-bond acceptors (Lipinski definition) is 6. The fourth-order valence-corrected chi connectivity index (χ4v) is 3.55. The third-order valence-corrected chi connectivity index (χ3v) is 5.10. The molecule has 0 radical (unpaired) electrons. The summed E-state index contributed by atoms with van der Waals surface area (Å²) in [4.78, 5) is 9.21. The Balaban J connectivity index is 1.42. The van der Waals surface area contributed by atoms with Gasteiger partial charge in [0, 0.05) is 29.9 Å². The topological polar surface area (TPSA) is 86.3 Å². The molecule has 0 saturated heterocycles. The molecule has 30 heavy (non-hydrogen) atoms. The van der Waals surface area contributed by atoms with Crippen LogP contribution in [0.25, 0.3) is 33.3 Å². The van der Waals surface area contributed by atoms with Crippen molar-refractivity contribution < 1.29 is 0 Å². The minimum atomic E-state index is 0.598. The largest absolute Gasteiger partial charge is 0.320 e. The van der Waals surface area contributed by atoms with Crippen molar-refractivity contribution in [3.63, 3.8) is 0 Å². The maximum Gasteiger partial charge on any atom is 0.179 e. The summed E-state index contributed by atoms with van der Waals surface area (Å²) in [5.41, 5.74) is 5.52. The average Bonchev–Trinajstić information content (AvgIpc) is 3.41. The van der Waals surface area contributed by atoms with Gasteiger partial charge in [0.25, 0.3) is 0 Å². The lowest BCUT2D eigenvalue weighted by atomic mass is 10.1. The van der Waals surface area contributed by atoms with Crippen LogP contribution in [0.5, 0.6) is 0 Å². The maximum absolute atomic E-state index is 4.83. The van der Waals surface area contributed by atoms with Crippen molar-refractivity contribution in [3.05, 3.63) is 66.6 Å². The number of aromatic nitrogens is 7. The first-order valence-electron chi connectivity index (χ1n) is 10.0. The number of pyridine rings is 2. The van der Waals surface area contributed by atoms with E-state index in [1.807, 2.05) is 53.1 Å². The number of benzene rings is 1. The van der Waals surface area contributed by atoms with Crippen molar-refractivity contribution in [2.75, 3.05) is 13.6 Å². The molecule has 1 aromatic carbocycles. The van der Waals surface area contributed by atoms with Gasteiger partial charge in [-0.25, -0.2) is 9.67 Å². The molecule has 5 aromatic rings. The Hall–Kier alpha value is -3.65. The Kier molecular flexibility index (Phi) is 4.90. The number of hydrogen-bond donors (Lipinski definition) is 1. The van der Waals surface area contributed by atoms with E-state index in [4.69, 9.17) is 4.98 Å². The van der Waals surface area contributed by atoms with Crippen LogP contribution in [0.1, 0.15) is 12.0 Å². The SMILES string of the molecule is CNCCCn1cc(-c2ccc3nnn(Cc4ccc5ncccc5c4)c3n2)cn1. The predicted molar refractivity (Wildman–Crippen MR) is 116 cm³/mol. The summed E-state index contributed by atoms with van der Waals surface area (Å²) in [5, 5.41) is 17.3. The van der Waals surface area contributed by atoms with Gasteiger partial charge in [-0.15, -0.1) is 5.10 Å². The Labute approximate surface area is 173 Å². The number of rotatable bonds is 7. The maximum atomic E-state index is 4.83. The molecular weight excluding hydrogens is 376 g/mol. The minimum Gasteiger partial charge on any atom is -0.320 e. The van der Waals surface area contributed by atoms with Crippen LogP contribution in [0.2, 0.25) is 0 Å². The van der Waals surface area contributed by atoms with Crippen LogP contribution in [0.15, 0.2) is 61.1 Å². The van der Waals surface area contributed by atoms with Crippen molar-refractivity contribution in [2.45, 2.75) is 19.5 Å². The molecule has 0 aliphatic rings. The number of nitrogens with one attached hydrogen (secondary N) is 1. The van der Waals surface area contributed by atoms with Gasteiger partial charge in [0.2, 0.25) is 0 Å². The van der Waals surface area contributed by atoms with Gasteiger partial charge >= 0.3 is 0 Å². The van der Waals surface area contributed by atoms with Gasteiger partial charge in [0.15, 0.2) is 5.65 Å². The zero-order chi connectivity index (χ0) is 20.3. The molecule has 5 rings (SSSR count). The van der Waals surface area contributed by atoms with E-state index in [9.17, 15) is 0 Å². The monoisotopic (exact) mass is 398 g/mol. The number of aryl methyl sites for hydroxylation is 1. The van der Waals surface area contributed by atoms with Crippen molar-refractivity contribution in [1.82, 2.24) is 40.1 Å². The minimum absolute atomic E-state index is 0.598. The van der Waals surface area contributed by atoms with Gasteiger partial charge in [-0.1, -0.05) is 17.3 Å². The third kappa shape index (κ3) is 3.65. The standard InChI is InChI=1S/C22H22N8/c1-23-9-3-11-29-15-18(13-25-29)20-7-8-21-22(26-20)30(28-27-21)14-16-5-6-19-17(12-16)4-2-10-24-19/h2,4-8,10,12-13,15,23H,3,9,11,14H2,1H3. The molecule has 0 fully saturated rings. The summed E-state index contributed by atoms with van der Waals surface area (Å²) in [5.74, 6) is 0. The van der Waals surface area contributed by atoms with Crippen LogP contribution in [0.4, 0.5) is 0 Å². The highest BCUT2D eigenvalue weighted by Crippen LogP contribution is 2.21. The van der Waals surface area contributed by atoms with Gasteiger partial charge < -0.3 is 5.32 Å². The molecule has 0 atom stereocenters. The second-order valence-corrected chi connectivity index (χ2v) is 7.27. The van der Waals surface area contributed by atoms with Crippen LogP contribution < -0.4 is 5.32 Å². The zero-order valence-electron chi connectivity index (χ0n) is 16.7. The molecule has 0 amide bonds. The third-order valence-electron chi connectivity index (χ3n) is 5.10. The van der Waals surface area contributed by atoms with Gasteiger partial charge in [0.1, 0.15) is 5.52 Å². The summed E-state index contributed by atoms with van der Waals surface area (Å²) in [6.45, 7) is 2.44. The van der Waals surface area contributed by atoms with Crippen molar-refractivity contribution in [1.29, 1.82) is 0 Å². The summed E-state index contributed by atoms with van der Waals surface area (Å²) < 4.78 is 3.80. The predicted octanol–water partition coefficient (Wildman–Crippen LogP) is 2.90. The number of fused-ring (bicyclic) bond motifs is 2. The smallest absolute Gasteiger partial charge is 0.179 e. The Morgan fingerprint density at radius 3 is 2.93 bits per heavy atom. The van der Waals surface area contributed by atoms with Crippen LogP contribution >= 0.6 is 0 Å². The Bertz CT molecular complexity index is 1300. The molecule has 0 bridgehead atoms. The van der Waals surface area contributed by atoms with E-state index in [0.717, 1.165) is 58.4 Å². The first kappa shape index (κ1) is 18.4. The second-order valence-electron chi connectivity index (χ2n) is 7.27. The number of nitrogens with zero attached hydrogens (tertiary/aromatic N) is 7. The fourth-order valence-electron chi connectivity index (χ4n) is 3.55. The van der Waals surface area contributed by atoms with E-state index >= 15 is 0 Å². The highest BCUT2D eigenvalue weighted by molar-refractivity contribution is 5.79. The summed E-state index contributed by atoms with van der Waals surface area (Å²) in [7, 11) is 1.96. The average molecular weight is 398 g/mol. The highest BCUT2D eigenvalue weighted by Gasteiger charge is 2.11. The van der Waals surface area contributed by atoms with Gasteiger partial charge in [0.05, 0.1) is 24.0 Å². The van der Waals surface area contributed by atoms with Crippen molar-refractivity contribution in [3.8, 4) is 11.3 Å². The second kappa shape index (κ2) is 8.00. The highest BCUT2D eigenvalue weighted by atomic mass is 15.4. The first-order chi connectivity index (χ1) is 14.8.